The highest BCUT2D eigenvalue weighted by molar-refractivity contribution is 7.11. The Labute approximate surface area is 109 Å². The van der Waals surface area contributed by atoms with Crippen LogP contribution in [0.25, 0.3) is 0 Å². The van der Waals surface area contributed by atoms with Crippen molar-refractivity contribution in [2.45, 2.75) is 58.9 Å². The van der Waals surface area contributed by atoms with E-state index in [1.807, 2.05) is 11.3 Å². The molecule has 2 nitrogen and oxygen atoms in total. The molecule has 1 fully saturated rings. The van der Waals surface area contributed by atoms with Crippen molar-refractivity contribution in [2.24, 2.45) is 5.41 Å². The molecule has 2 rings (SSSR count). The second-order valence-electron chi connectivity index (χ2n) is 5.77. The maximum atomic E-state index is 4.90. The molecule has 1 N–H and O–H groups in total. The number of aryl methyl sites for hydroxylation is 2. The molecule has 1 aliphatic rings. The number of thiazole rings is 1. The number of hydrogen-bond acceptors (Lipinski definition) is 3. The minimum absolute atomic E-state index is 0.0931. The van der Waals surface area contributed by atoms with Crippen molar-refractivity contribution in [2.75, 3.05) is 7.05 Å². The average Bonchev–Trinajstić information content (AvgIpc) is 2.79. The summed E-state index contributed by atoms with van der Waals surface area (Å²) in [7, 11) is 2.09. The molecule has 1 aromatic heterocycles. The molecular weight excluding hydrogens is 228 g/mol. The number of hydrogen-bond donors (Lipinski definition) is 1. The van der Waals surface area contributed by atoms with Gasteiger partial charge in [0.2, 0.25) is 0 Å². The SMILES string of the molecule is CCc1nc(C2(NC)CCCC2(C)C)sc1C. The van der Waals surface area contributed by atoms with Gasteiger partial charge in [0.05, 0.1) is 11.2 Å². The predicted octanol–water partition coefficient (Wildman–Crippen LogP) is 3.64. The fraction of sp³-hybridized carbons (Fsp3) is 0.786. The van der Waals surface area contributed by atoms with Crippen LogP contribution in [0.2, 0.25) is 0 Å². The van der Waals surface area contributed by atoms with Gasteiger partial charge in [-0.3, -0.25) is 0 Å². The molecule has 1 unspecified atom stereocenters. The number of nitrogens with one attached hydrogen (secondary N) is 1. The van der Waals surface area contributed by atoms with Crippen molar-refractivity contribution in [3.8, 4) is 0 Å². The molecule has 1 heterocycles. The zero-order valence-electron chi connectivity index (χ0n) is 11.7. The zero-order chi connectivity index (χ0) is 12.7. The van der Waals surface area contributed by atoms with Crippen LogP contribution in [0.1, 0.15) is 55.6 Å². The third kappa shape index (κ3) is 1.84. The van der Waals surface area contributed by atoms with Gasteiger partial charge in [0.25, 0.3) is 0 Å². The second-order valence-corrected chi connectivity index (χ2v) is 6.97. The summed E-state index contributed by atoms with van der Waals surface area (Å²) in [4.78, 5) is 6.29. The summed E-state index contributed by atoms with van der Waals surface area (Å²) in [5.41, 5.74) is 1.68. The third-order valence-corrected chi connectivity index (χ3v) is 5.70. The van der Waals surface area contributed by atoms with E-state index in [-0.39, 0.29) is 5.54 Å². The first kappa shape index (κ1) is 13.0. The Morgan fingerprint density at radius 1 is 1.35 bits per heavy atom. The molecule has 0 spiro atoms. The van der Waals surface area contributed by atoms with Crippen LogP contribution < -0.4 is 5.32 Å². The molecule has 1 atom stereocenters. The van der Waals surface area contributed by atoms with Crippen LogP contribution in [0.5, 0.6) is 0 Å². The van der Waals surface area contributed by atoms with Crippen LogP contribution in [0, 0.1) is 12.3 Å². The Morgan fingerprint density at radius 3 is 2.47 bits per heavy atom. The van der Waals surface area contributed by atoms with Gasteiger partial charge in [-0.2, -0.15) is 0 Å². The second kappa shape index (κ2) is 4.36. The first-order valence-electron chi connectivity index (χ1n) is 6.62. The maximum absolute atomic E-state index is 4.90. The van der Waals surface area contributed by atoms with Crippen molar-refractivity contribution in [3.05, 3.63) is 15.6 Å². The van der Waals surface area contributed by atoms with Gasteiger partial charge >= 0.3 is 0 Å². The zero-order valence-corrected chi connectivity index (χ0v) is 12.5. The Morgan fingerprint density at radius 2 is 2.06 bits per heavy atom. The Bertz CT molecular complexity index is 408. The topological polar surface area (TPSA) is 24.9 Å². The third-order valence-electron chi connectivity index (χ3n) is 4.53. The number of nitrogens with zero attached hydrogens (tertiary/aromatic N) is 1. The van der Waals surface area contributed by atoms with Crippen molar-refractivity contribution in [3.63, 3.8) is 0 Å². The van der Waals surface area contributed by atoms with Gasteiger partial charge in [0.1, 0.15) is 5.01 Å². The molecule has 3 heteroatoms. The van der Waals surface area contributed by atoms with E-state index >= 15 is 0 Å². The Kier molecular flexibility index (Phi) is 3.34. The fourth-order valence-corrected chi connectivity index (χ4v) is 4.66. The largest absolute Gasteiger partial charge is 0.308 e. The Hall–Kier alpha value is -0.410. The van der Waals surface area contributed by atoms with E-state index < -0.39 is 0 Å². The normalized spacial score (nSPS) is 27.6. The summed E-state index contributed by atoms with van der Waals surface area (Å²) in [6.45, 7) is 9.14. The van der Waals surface area contributed by atoms with E-state index in [2.05, 4.69) is 40.1 Å². The van der Waals surface area contributed by atoms with Gasteiger partial charge in [-0.15, -0.1) is 11.3 Å². The first-order valence-corrected chi connectivity index (χ1v) is 7.44. The van der Waals surface area contributed by atoms with Gasteiger partial charge < -0.3 is 5.32 Å². The van der Waals surface area contributed by atoms with Gasteiger partial charge in [-0.25, -0.2) is 4.98 Å². The minimum Gasteiger partial charge on any atom is -0.308 e. The van der Waals surface area contributed by atoms with Crippen molar-refractivity contribution in [1.29, 1.82) is 0 Å². The smallest absolute Gasteiger partial charge is 0.114 e. The molecule has 0 radical (unpaired) electrons. The summed E-state index contributed by atoms with van der Waals surface area (Å²) in [6, 6.07) is 0. The molecule has 1 aromatic rings. The molecule has 0 saturated heterocycles. The van der Waals surface area contributed by atoms with Crippen LogP contribution in [-0.2, 0) is 12.0 Å². The molecule has 0 aliphatic heterocycles. The molecular formula is C14H24N2S. The van der Waals surface area contributed by atoms with E-state index in [0.29, 0.717) is 5.41 Å². The lowest BCUT2D eigenvalue weighted by Crippen LogP contribution is -2.48. The molecule has 0 aromatic carbocycles. The van der Waals surface area contributed by atoms with Crippen molar-refractivity contribution < 1.29 is 0 Å². The number of rotatable bonds is 3. The van der Waals surface area contributed by atoms with Crippen LogP contribution >= 0.6 is 11.3 Å². The first-order chi connectivity index (χ1) is 7.97. The summed E-state index contributed by atoms with van der Waals surface area (Å²) < 4.78 is 0. The van der Waals surface area contributed by atoms with Gasteiger partial charge in [-0.1, -0.05) is 27.2 Å². The molecule has 1 aliphatic carbocycles. The summed E-state index contributed by atoms with van der Waals surface area (Å²) in [5.74, 6) is 0. The lowest BCUT2D eigenvalue weighted by molar-refractivity contribution is 0.167. The fourth-order valence-electron chi connectivity index (χ4n) is 3.25. The van der Waals surface area contributed by atoms with E-state index in [9.17, 15) is 0 Å². The molecule has 0 amide bonds. The van der Waals surface area contributed by atoms with Crippen molar-refractivity contribution >= 4 is 11.3 Å². The van der Waals surface area contributed by atoms with Crippen molar-refractivity contribution in [1.82, 2.24) is 10.3 Å². The van der Waals surface area contributed by atoms with Crippen LogP contribution in [0.4, 0.5) is 0 Å². The highest BCUT2D eigenvalue weighted by atomic mass is 32.1. The summed E-state index contributed by atoms with van der Waals surface area (Å²) in [6.07, 6.45) is 4.84. The molecule has 1 saturated carbocycles. The van der Waals surface area contributed by atoms with Crippen LogP contribution in [0.15, 0.2) is 0 Å². The molecule has 96 valence electrons. The van der Waals surface area contributed by atoms with Gasteiger partial charge in [-0.05, 0) is 38.6 Å². The van der Waals surface area contributed by atoms with E-state index in [1.54, 1.807) is 0 Å². The standard InChI is InChI=1S/C14H24N2S/c1-6-11-10(2)17-12(16-11)14(15-5)9-7-8-13(14,3)4/h15H,6-9H2,1-5H3. The van der Waals surface area contributed by atoms with E-state index in [0.717, 1.165) is 6.42 Å². The average molecular weight is 252 g/mol. The Balaban J connectivity index is 2.48. The lowest BCUT2D eigenvalue weighted by atomic mass is 9.75. The lowest BCUT2D eigenvalue weighted by Gasteiger charge is -2.40. The quantitative estimate of drug-likeness (QED) is 0.888. The molecule has 0 bridgehead atoms. The number of aromatic nitrogens is 1. The van der Waals surface area contributed by atoms with E-state index in [4.69, 9.17) is 4.98 Å². The van der Waals surface area contributed by atoms with Gasteiger partial charge in [0.15, 0.2) is 0 Å². The van der Waals surface area contributed by atoms with Crippen LogP contribution in [0.3, 0.4) is 0 Å². The highest BCUT2D eigenvalue weighted by Crippen LogP contribution is 2.53. The summed E-state index contributed by atoms with van der Waals surface area (Å²) in [5, 5.41) is 4.90. The van der Waals surface area contributed by atoms with E-state index in [1.165, 1.54) is 34.8 Å². The van der Waals surface area contributed by atoms with Crippen LogP contribution in [-0.4, -0.2) is 12.0 Å². The maximum Gasteiger partial charge on any atom is 0.114 e. The summed E-state index contributed by atoms with van der Waals surface area (Å²) >= 11 is 1.89. The predicted molar refractivity (Wildman–Crippen MR) is 74.6 cm³/mol. The van der Waals surface area contributed by atoms with Gasteiger partial charge in [0, 0.05) is 4.88 Å². The minimum atomic E-state index is 0.0931. The monoisotopic (exact) mass is 252 g/mol. The highest BCUT2D eigenvalue weighted by Gasteiger charge is 2.50. The molecule has 17 heavy (non-hydrogen) atoms.